The van der Waals surface area contributed by atoms with Crippen LogP contribution in [0.25, 0.3) is 11.3 Å². The van der Waals surface area contributed by atoms with E-state index in [1.165, 1.54) is 0 Å². The van der Waals surface area contributed by atoms with Crippen molar-refractivity contribution in [2.45, 2.75) is 90.2 Å². The Balaban J connectivity index is 1.03. The molecule has 1 fully saturated rings. The van der Waals surface area contributed by atoms with Crippen LogP contribution in [0.1, 0.15) is 95.0 Å². The summed E-state index contributed by atoms with van der Waals surface area (Å²) in [5, 5.41) is 11.1. The van der Waals surface area contributed by atoms with Crippen LogP contribution >= 0.6 is 0 Å². The van der Waals surface area contributed by atoms with Crippen molar-refractivity contribution in [2.75, 3.05) is 44.7 Å². The molecular formula is C39H54N6O6. The number of nitrogens with zero attached hydrogens (tertiary/aromatic N) is 3. The Morgan fingerprint density at radius 3 is 2.25 bits per heavy atom. The zero-order valence-electron chi connectivity index (χ0n) is 30.3. The number of fused-ring (bicyclic) bond motifs is 1. The van der Waals surface area contributed by atoms with E-state index in [4.69, 9.17) is 25.0 Å². The highest BCUT2D eigenvalue weighted by molar-refractivity contribution is 6.03. The summed E-state index contributed by atoms with van der Waals surface area (Å²) in [7, 11) is 0. The maximum atomic E-state index is 12.9. The molecule has 0 spiro atoms. The molecule has 12 nitrogen and oxygen atoms in total. The molecule has 0 saturated carbocycles. The minimum absolute atomic E-state index is 0.0361. The average molecular weight is 703 g/mol. The molecule has 0 aliphatic carbocycles. The summed E-state index contributed by atoms with van der Waals surface area (Å²) >= 11 is 0. The number of unbranched alkanes of at least 4 members (excludes halogenated alkanes) is 5. The van der Waals surface area contributed by atoms with Crippen LogP contribution in [-0.2, 0) is 14.3 Å². The first kappa shape index (κ1) is 37.7. The normalized spacial score (nSPS) is 16.2. The van der Waals surface area contributed by atoms with Crippen molar-refractivity contribution < 1.29 is 28.6 Å². The minimum Gasteiger partial charge on any atom is -0.457 e. The van der Waals surface area contributed by atoms with Gasteiger partial charge in [0.1, 0.15) is 40.8 Å². The number of hydrogen-bond donors (Lipinski definition) is 3. The smallest absolute Gasteiger partial charge is 0.407 e. The monoisotopic (exact) mass is 702 g/mol. The second kappa shape index (κ2) is 18.1. The van der Waals surface area contributed by atoms with E-state index in [0.717, 1.165) is 75.6 Å². The first-order valence-corrected chi connectivity index (χ1v) is 18.4. The molecule has 3 heterocycles. The van der Waals surface area contributed by atoms with Crippen LogP contribution in [0.4, 0.5) is 10.6 Å². The number of amides is 3. The summed E-state index contributed by atoms with van der Waals surface area (Å²) in [5.41, 5.74) is 7.18. The Hall–Kier alpha value is -4.58. The van der Waals surface area contributed by atoms with Gasteiger partial charge in [-0.2, -0.15) is 5.10 Å². The van der Waals surface area contributed by atoms with Crippen LogP contribution in [0.2, 0.25) is 0 Å². The van der Waals surface area contributed by atoms with Crippen LogP contribution in [0.3, 0.4) is 0 Å². The van der Waals surface area contributed by atoms with Crippen LogP contribution in [0.15, 0.2) is 54.6 Å². The Morgan fingerprint density at radius 1 is 0.902 bits per heavy atom. The maximum Gasteiger partial charge on any atom is 0.407 e. The fourth-order valence-electron chi connectivity index (χ4n) is 6.81. The lowest BCUT2D eigenvalue weighted by atomic mass is 9.87. The molecule has 3 aromatic rings. The first-order valence-electron chi connectivity index (χ1n) is 18.4. The number of rotatable bonds is 16. The highest BCUT2D eigenvalue weighted by Crippen LogP contribution is 2.40. The van der Waals surface area contributed by atoms with Gasteiger partial charge in [0.15, 0.2) is 0 Å². The molecule has 5 rings (SSSR count). The molecule has 12 heteroatoms. The number of hydrogen-bond acceptors (Lipinski definition) is 8. The molecule has 51 heavy (non-hydrogen) atoms. The third kappa shape index (κ3) is 11.0. The quantitative estimate of drug-likeness (QED) is 0.136. The molecule has 1 atom stereocenters. The van der Waals surface area contributed by atoms with Gasteiger partial charge in [-0.15, -0.1) is 0 Å². The number of aromatic nitrogens is 2. The number of carbonyl (C=O) groups is 3. The van der Waals surface area contributed by atoms with E-state index in [1.54, 1.807) is 0 Å². The summed E-state index contributed by atoms with van der Waals surface area (Å²) in [4.78, 5) is 39.2. The van der Waals surface area contributed by atoms with E-state index in [-0.39, 0.29) is 24.6 Å². The van der Waals surface area contributed by atoms with Crippen molar-refractivity contribution in [3.05, 3.63) is 60.2 Å². The molecule has 0 radical (unpaired) electrons. The standard InChI is InChI=1S/C39H54N6O6/c1-39(2,3)51-38(48)42-22-11-6-4-5-7-12-26-49-27-33(46)44-24-20-28(21-25-44)32-19-23-41-37-34(36(40)47)35(43-45(32)37)29-15-17-31(18-16-29)50-30-13-9-8-10-14-30/h8-10,13-18,28,32,41H,4-7,11-12,19-27H2,1-3H3,(H2,40,47)(H,42,48)/t32-/m0/s1. The molecule has 276 valence electrons. The summed E-state index contributed by atoms with van der Waals surface area (Å²) in [6.45, 7) is 8.94. The summed E-state index contributed by atoms with van der Waals surface area (Å²) in [5.74, 6) is 1.93. The lowest BCUT2D eigenvalue weighted by molar-refractivity contribution is -0.137. The van der Waals surface area contributed by atoms with Gasteiger partial charge in [-0.3, -0.25) is 9.59 Å². The SMILES string of the molecule is CC(C)(C)OC(=O)NCCCCCCCCOCC(=O)N1CCC([C@@H]2CCNc3c(C(N)=O)c(-c4ccc(Oc5ccccc5)cc4)nn32)CC1. The number of primary amides is 1. The average Bonchev–Trinajstić information content (AvgIpc) is 3.51. The zero-order valence-corrected chi connectivity index (χ0v) is 30.3. The molecule has 1 aromatic heterocycles. The van der Waals surface area contributed by atoms with Gasteiger partial charge >= 0.3 is 6.09 Å². The van der Waals surface area contributed by atoms with Gasteiger partial charge in [-0.05, 0) is 95.2 Å². The molecular weight excluding hydrogens is 648 g/mol. The molecule has 2 aliphatic rings. The number of para-hydroxylation sites is 1. The zero-order chi connectivity index (χ0) is 36.2. The predicted octanol–water partition coefficient (Wildman–Crippen LogP) is 6.92. The van der Waals surface area contributed by atoms with E-state index >= 15 is 0 Å². The number of ether oxygens (including phenoxy) is 3. The molecule has 2 aliphatic heterocycles. The van der Waals surface area contributed by atoms with Crippen molar-refractivity contribution in [2.24, 2.45) is 11.7 Å². The van der Waals surface area contributed by atoms with Crippen molar-refractivity contribution in [3.63, 3.8) is 0 Å². The van der Waals surface area contributed by atoms with Gasteiger partial charge < -0.3 is 35.5 Å². The third-order valence-corrected chi connectivity index (χ3v) is 9.36. The predicted molar refractivity (Wildman–Crippen MR) is 197 cm³/mol. The number of carbonyl (C=O) groups excluding carboxylic acids is 3. The van der Waals surface area contributed by atoms with Crippen molar-refractivity contribution >= 4 is 23.7 Å². The van der Waals surface area contributed by atoms with Gasteiger partial charge in [-0.25, -0.2) is 9.48 Å². The van der Waals surface area contributed by atoms with Gasteiger partial charge in [0.2, 0.25) is 5.91 Å². The summed E-state index contributed by atoms with van der Waals surface area (Å²) in [6.07, 6.45) is 8.39. The van der Waals surface area contributed by atoms with Crippen molar-refractivity contribution in [1.29, 1.82) is 0 Å². The largest absolute Gasteiger partial charge is 0.457 e. The van der Waals surface area contributed by atoms with E-state index in [1.807, 2.05) is 85.0 Å². The highest BCUT2D eigenvalue weighted by atomic mass is 16.6. The van der Waals surface area contributed by atoms with Gasteiger partial charge in [0.25, 0.3) is 5.91 Å². The Bertz CT molecular complexity index is 1580. The number of alkyl carbamates (subject to hydrolysis) is 1. The fraction of sp³-hybridized carbons (Fsp3) is 0.538. The van der Waals surface area contributed by atoms with Crippen LogP contribution in [0.5, 0.6) is 11.5 Å². The second-order valence-corrected chi connectivity index (χ2v) is 14.4. The highest BCUT2D eigenvalue weighted by Gasteiger charge is 2.36. The fourth-order valence-corrected chi connectivity index (χ4v) is 6.81. The van der Waals surface area contributed by atoms with E-state index in [2.05, 4.69) is 10.6 Å². The summed E-state index contributed by atoms with van der Waals surface area (Å²) in [6, 6.07) is 17.2. The molecule has 4 N–H and O–H groups in total. The maximum absolute atomic E-state index is 12.9. The topological polar surface area (TPSA) is 150 Å². The minimum atomic E-state index is -0.519. The lowest BCUT2D eigenvalue weighted by Gasteiger charge is -2.38. The Morgan fingerprint density at radius 2 is 1.57 bits per heavy atom. The second-order valence-electron chi connectivity index (χ2n) is 14.4. The third-order valence-electron chi connectivity index (χ3n) is 9.36. The number of benzene rings is 2. The van der Waals surface area contributed by atoms with Gasteiger partial charge in [0.05, 0.1) is 6.04 Å². The van der Waals surface area contributed by atoms with E-state index < -0.39 is 11.5 Å². The Kier molecular flexibility index (Phi) is 13.3. The van der Waals surface area contributed by atoms with Crippen LogP contribution < -0.4 is 21.1 Å². The molecule has 2 aromatic carbocycles. The Labute approximate surface area is 301 Å². The number of anilines is 1. The molecule has 0 unspecified atom stereocenters. The lowest BCUT2D eigenvalue weighted by Crippen LogP contribution is -2.43. The van der Waals surface area contributed by atoms with E-state index in [9.17, 15) is 14.4 Å². The van der Waals surface area contributed by atoms with Crippen LogP contribution in [0, 0.1) is 5.92 Å². The summed E-state index contributed by atoms with van der Waals surface area (Å²) < 4.78 is 18.9. The first-order chi connectivity index (χ1) is 24.6. The molecule has 0 bridgehead atoms. The van der Waals surface area contributed by atoms with Crippen molar-refractivity contribution in [1.82, 2.24) is 20.0 Å². The van der Waals surface area contributed by atoms with Gasteiger partial charge in [-0.1, -0.05) is 43.9 Å². The number of likely N-dealkylation sites (tertiary alicyclic amines) is 1. The molecule has 3 amide bonds. The molecule has 1 saturated heterocycles. The van der Waals surface area contributed by atoms with Gasteiger partial charge in [0, 0.05) is 38.3 Å². The number of nitrogens with one attached hydrogen (secondary N) is 2. The number of nitrogens with two attached hydrogens (primary N) is 1. The van der Waals surface area contributed by atoms with Crippen LogP contribution in [-0.4, -0.2) is 77.6 Å². The van der Waals surface area contributed by atoms with Crippen molar-refractivity contribution in [3.8, 4) is 22.8 Å². The van der Waals surface area contributed by atoms with E-state index in [0.29, 0.717) is 55.0 Å². The number of piperidine rings is 1.